The smallest absolute Gasteiger partial charge is 0.239 e. The van der Waals surface area contributed by atoms with E-state index in [1.54, 1.807) is 0 Å². The first-order chi connectivity index (χ1) is 14.6. The van der Waals surface area contributed by atoms with Gasteiger partial charge in [-0.15, -0.1) is 0 Å². The molecule has 8 heteroatoms. The van der Waals surface area contributed by atoms with Gasteiger partial charge in [-0.25, -0.2) is 0 Å². The number of carbonyl (C=O) groups is 2. The number of rotatable bonds is 6. The molecule has 160 valence electrons. The predicted molar refractivity (Wildman–Crippen MR) is 120 cm³/mol. The van der Waals surface area contributed by atoms with Gasteiger partial charge in [-0.2, -0.15) is 11.8 Å². The predicted octanol–water partition coefficient (Wildman–Crippen LogP) is 3.26. The second kappa shape index (κ2) is 9.90. The highest BCUT2D eigenvalue weighted by atomic mass is 35.5. The van der Waals surface area contributed by atoms with Crippen LogP contribution in [0.25, 0.3) is 11.3 Å². The van der Waals surface area contributed by atoms with Crippen LogP contribution in [-0.4, -0.2) is 65.3 Å². The molecule has 0 bridgehead atoms. The lowest BCUT2D eigenvalue weighted by molar-refractivity contribution is -0.136. The molecule has 0 saturated carbocycles. The minimum atomic E-state index is -0.168. The largest absolute Gasteiger partial charge is 0.459 e. The van der Waals surface area contributed by atoms with E-state index in [2.05, 4.69) is 5.32 Å². The summed E-state index contributed by atoms with van der Waals surface area (Å²) in [6.07, 6.45) is 1.79. The van der Waals surface area contributed by atoms with E-state index in [9.17, 15) is 9.59 Å². The molecule has 30 heavy (non-hydrogen) atoms. The van der Waals surface area contributed by atoms with E-state index in [1.165, 1.54) is 0 Å². The van der Waals surface area contributed by atoms with Gasteiger partial charge in [-0.3, -0.25) is 14.5 Å². The molecule has 1 N–H and O–H groups in total. The van der Waals surface area contributed by atoms with Crippen LogP contribution in [-0.2, 0) is 16.1 Å². The molecule has 0 aliphatic carbocycles. The minimum Gasteiger partial charge on any atom is -0.459 e. The summed E-state index contributed by atoms with van der Waals surface area (Å²) in [4.78, 5) is 29.3. The number of hydrogen-bond acceptors (Lipinski definition) is 5. The summed E-state index contributed by atoms with van der Waals surface area (Å²) in [5.74, 6) is 3.52. The number of nitrogens with one attached hydrogen (secondary N) is 1. The molecule has 0 radical (unpaired) electrons. The zero-order valence-corrected chi connectivity index (χ0v) is 18.4. The molecular formula is C22H26ClN3O3S. The normalized spacial score (nSPS) is 19.8. The fourth-order valence-electron chi connectivity index (χ4n) is 3.96. The Hall–Kier alpha value is -1.96. The van der Waals surface area contributed by atoms with Crippen molar-refractivity contribution in [2.75, 3.05) is 37.7 Å². The van der Waals surface area contributed by atoms with Crippen LogP contribution < -0.4 is 5.32 Å². The van der Waals surface area contributed by atoms with Crippen molar-refractivity contribution in [1.82, 2.24) is 15.1 Å². The Morgan fingerprint density at radius 1 is 1.10 bits per heavy atom. The summed E-state index contributed by atoms with van der Waals surface area (Å²) in [6.45, 7) is 2.98. The number of halogens is 1. The fourth-order valence-corrected chi connectivity index (χ4v) is 4.99. The van der Waals surface area contributed by atoms with Gasteiger partial charge in [0.1, 0.15) is 11.5 Å². The quantitative estimate of drug-likeness (QED) is 0.736. The molecule has 2 fully saturated rings. The van der Waals surface area contributed by atoms with Gasteiger partial charge in [0.25, 0.3) is 0 Å². The average molecular weight is 448 g/mol. The van der Waals surface area contributed by atoms with E-state index in [-0.39, 0.29) is 24.4 Å². The third-order valence-electron chi connectivity index (χ3n) is 5.57. The van der Waals surface area contributed by atoms with Crippen molar-refractivity contribution in [3.8, 4) is 11.3 Å². The molecule has 2 aliphatic heterocycles. The van der Waals surface area contributed by atoms with E-state index in [0.717, 1.165) is 55.3 Å². The lowest BCUT2D eigenvalue weighted by Crippen LogP contribution is -2.50. The van der Waals surface area contributed by atoms with Crippen LogP contribution in [0.2, 0.25) is 5.02 Å². The Kier molecular flexibility index (Phi) is 7.02. The van der Waals surface area contributed by atoms with Crippen LogP contribution in [0.15, 0.2) is 40.8 Å². The zero-order valence-electron chi connectivity index (χ0n) is 16.8. The second-order valence-electron chi connectivity index (χ2n) is 7.62. The summed E-state index contributed by atoms with van der Waals surface area (Å²) in [6, 6.07) is 11.0. The first kappa shape index (κ1) is 21.3. The molecule has 0 spiro atoms. The van der Waals surface area contributed by atoms with Crippen molar-refractivity contribution in [2.24, 2.45) is 0 Å². The van der Waals surface area contributed by atoms with Crippen LogP contribution in [0, 0.1) is 0 Å². The van der Waals surface area contributed by atoms with E-state index in [4.69, 9.17) is 16.0 Å². The second-order valence-corrected chi connectivity index (χ2v) is 9.28. The average Bonchev–Trinajstić information content (AvgIpc) is 3.43. The van der Waals surface area contributed by atoms with Crippen LogP contribution in [0.4, 0.5) is 0 Å². The third kappa shape index (κ3) is 5.20. The van der Waals surface area contributed by atoms with Gasteiger partial charge in [-0.1, -0.05) is 11.6 Å². The van der Waals surface area contributed by atoms with Crippen LogP contribution >= 0.6 is 23.4 Å². The monoisotopic (exact) mass is 447 g/mol. The van der Waals surface area contributed by atoms with E-state index in [0.29, 0.717) is 17.3 Å². The number of hydrogen-bond donors (Lipinski definition) is 1. The van der Waals surface area contributed by atoms with Gasteiger partial charge in [0.2, 0.25) is 11.8 Å². The van der Waals surface area contributed by atoms with Crippen LogP contribution in [0.3, 0.4) is 0 Å². The Labute approximate surface area is 185 Å². The summed E-state index contributed by atoms with van der Waals surface area (Å²) >= 11 is 7.81. The van der Waals surface area contributed by atoms with Gasteiger partial charge in [-0.05, 0) is 55.8 Å². The molecule has 4 rings (SSSR count). The molecule has 2 amide bonds. The van der Waals surface area contributed by atoms with Crippen molar-refractivity contribution in [2.45, 2.75) is 25.4 Å². The Balaban J connectivity index is 1.28. The summed E-state index contributed by atoms with van der Waals surface area (Å²) in [5.41, 5.74) is 0.937. The highest BCUT2D eigenvalue weighted by Gasteiger charge is 2.34. The van der Waals surface area contributed by atoms with E-state index >= 15 is 0 Å². The first-order valence-corrected chi connectivity index (χ1v) is 11.9. The minimum absolute atomic E-state index is 0.0895. The SMILES string of the molecule is O=C(CN1CCCC1C(=O)N1CCSCC1)NCc1ccc(-c2ccc(Cl)cc2)o1. The fraction of sp³-hybridized carbons (Fsp3) is 0.455. The number of nitrogens with zero attached hydrogens (tertiary/aromatic N) is 2. The number of amides is 2. The highest BCUT2D eigenvalue weighted by molar-refractivity contribution is 7.99. The molecular weight excluding hydrogens is 422 g/mol. The third-order valence-corrected chi connectivity index (χ3v) is 6.76. The number of carbonyl (C=O) groups excluding carboxylic acids is 2. The van der Waals surface area contributed by atoms with Crippen LogP contribution in [0.1, 0.15) is 18.6 Å². The molecule has 2 saturated heterocycles. The molecule has 2 aliphatic rings. The first-order valence-electron chi connectivity index (χ1n) is 10.3. The van der Waals surface area contributed by atoms with Crippen molar-refractivity contribution < 1.29 is 14.0 Å². The van der Waals surface area contributed by atoms with Crippen molar-refractivity contribution in [3.63, 3.8) is 0 Å². The van der Waals surface area contributed by atoms with Gasteiger partial charge in [0.15, 0.2) is 0 Å². The topological polar surface area (TPSA) is 65.8 Å². The number of benzene rings is 1. The zero-order chi connectivity index (χ0) is 20.9. The van der Waals surface area contributed by atoms with Gasteiger partial charge in [0.05, 0.1) is 19.1 Å². The highest BCUT2D eigenvalue weighted by Crippen LogP contribution is 2.24. The Morgan fingerprint density at radius 3 is 2.63 bits per heavy atom. The van der Waals surface area contributed by atoms with E-state index in [1.807, 2.05) is 58.0 Å². The summed E-state index contributed by atoms with van der Waals surface area (Å²) in [7, 11) is 0. The van der Waals surface area contributed by atoms with Crippen molar-refractivity contribution in [3.05, 3.63) is 47.2 Å². The van der Waals surface area contributed by atoms with Crippen molar-refractivity contribution >= 4 is 35.2 Å². The molecule has 1 atom stereocenters. The number of thioether (sulfide) groups is 1. The maximum atomic E-state index is 12.9. The van der Waals surface area contributed by atoms with Gasteiger partial charge >= 0.3 is 0 Å². The standard InChI is InChI=1S/C22H26ClN3O3S/c23-17-5-3-16(4-6-17)20-8-7-18(29-20)14-24-21(27)15-26-9-1-2-19(26)22(28)25-10-12-30-13-11-25/h3-8,19H,1-2,9-15H2,(H,24,27). The van der Waals surface area contributed by atoms with Crippen LogP contribution in [0.5, 0.6) is 0 Å². The summed E-state index contributed by atoms with van der Waals surface area (Å²) in [5, 5.41) is 3.59. The molecule has 6 nitrogen and oxygen atoms in total. The molecule has 2 aromatic rings. The molecule has 1 aromatic carbocycles. The molecule has 1 unspecified atom stereocenters. The molecule has 1 aromatic heterocycles. The molecule has 3 heterocycles. The lowest BCUT2D eigenvalue weighted by Gasteiger charge is -2.32. The lowest BCUT2D eigenvalue weighted by atomic mass is 10.2. The Morgan fingerprint density at radius 2 is 1.87 bits per heavy atom. The van der Waals surface area contributed by atoms with Crippen molar-refractivity contribution in [1.29, 1.82) is 0 Å². The Bertz CT molecular complexity index is 880. The maximum absolute atomic E-state index is 12.9. The number of likely N-dealkylation sites (tertiary alicyclic amines) is 1. The number of furan rings is 1. The maximum Gasteiger partial charge on any atom is 0.239 e. The van der Waals surface area contributed by atoms with E-state index < -0.39 is 0 Å². The van der Waals surface area contributed by atoms with Gasteiger partial charge in [0, 0.05) is 35.2 Å². The summed E-state index contributed by atoms with van der Waals surface area (Å²) < 4.78 is 5.83. The van der Waals surface area contributed by atoms with Gasteiger partial charge < -0.3 is 14.6 Å².